The summed E-state index contributed by atoms with van der Waals surface area (Å²) < 4.78 is 4.68. The summed E-state index contributed by atoms with van der Waals surface area (Å²) in [4.78, 5) is 19.6. The molecule has 2 aromatic rings. The molecule has 0 atom stereocenters. The highest BCUT2D eigenvalue weighted by atomic mass is 35.5. The molecule has 0 aromatic carbocycles. The van der Waals surface area contributed by atoms with Crippen LogP contribution in [-0.2, 0) is 4.74 Å². The van der Waals surface area contributed by atoms with Crippen LogP contribution in [0.4, 0.5) is 0 Å². The van der Waals surface area contributed by atoms with Gasteiger partial charge in [-0.25, -0.2) is 14.8 Å². The van der Waals surface area contributed by atoms with Crippen LogP contribution in [0, 0.1) is 0 Å². The summed E-state index contributed by atoms with van der Waals surface area (Å²) in [6.07, 6.45) is 3.18. The fourth-order valence-corrected chi connectivity index (χ4v) is 2.06. The average molecular weight is 255 g/mol. The van der Waals surface area contributed by atoms with Crippen LogP contribution in [-0.4, -0.2) is 23.0 Å². The second kappa shape index (κ2) is 4.59. The van der Waals surface area contributed by atoms with Gasteiger partial charge in [0, 0.05) is 23.3 Å². The van der Waals surface area contributed by atoms with Gasteiger partial charge in [0.15, 0.2) is 0 Å². The third kappa shape index (κ3) is 2.05. The Hall–Kier alpha value is -1.46. The van der Waals surface area contributed by atoms with Crippen molar-refractivity contribution in [2.24, 2.45) is 0 Å². The fourth-order valence-electron chi connectivity index (χ4n) is 1.24. The van der Waals surface area contributed by atoms with Crippen molar-refractivity contribution in [3.8, 4) is 10.6 Å². The summed E-state index contributed by atoms with van der Waals surface area (Å²) in [5.74, 6) is -0.450. The SMILES string of the molecule is COC(=O)c1cc(Cl)ncc1-c1nccs1. The molecule has 2 heterocycles. The first-order valence-electron chi connectivity index (χ1n) is 4.36. The number of rotatable bonds is 2. The maximum absolute atomic E-state index is 11.5. The molecule has 0 saturated carbocycles. The van der Waals surface area contributed by atoms with E-state index in [1.54, 1.807) is 6.20 Å². The predicted molar refractivity (Wildman–Crippen MR) is 61.7 cm³/mol. The third-order valence-electron chi connectivity index (χ3n) is 1.94. The number of methoxy groups -OCH3 is 1. The smallest absolute Gasteiger partial charge is 0.338 e. The second-order valence-corrected chi connectivity index (χ2v) is 4.16. The molecule has 0 saturated heterocycles. The van der Waals surface area contributed by atoms with E-state index in [4.69, 9.17) is 11.6 Å². The number of nitrogens with zero attached hydrogens (tertiary/aromatic N) is 2. The molecule has 6 heteroatoms. The van der Waals surface area contributed by atoms with Gasteiger partial charge >= 0.3 is 5.97 Å². The van der Waals surface area contributed by atoms with Crippen LogP contribution in [0.2, 0.25) is 5.15 Å². The lowest BCUT2D eigenvalue weighted by Gasteiger charge is -2.04. The Kier molecular flexibility index (Phi) is 3.17. The van der Waals surface area contributed by atoms with Crippen LogP contribution in [0.3, 0.4) is 0 Å². The average Bonchev–Trinajstić information content (AvgIpc) is 2.81. The number of esters is 1. The molecule has 0 aliphatic carbocycles. The highest BCUT2D eigenvalue weighted by Crippen LogP contribution is 2.26. The first-order valence-corrected chi connectivity index (χ1v) is 5.62. The van der Waals surface area contributed by atoms with E-state index >= 15 is 0 Å². The molecule has 0 bridgehead atoms. The van der Waals surface area contributed by atoms with Crippen molar-refractivity contribution in [1.29, 1.82) is 0 Å². The Morgan fingerprint density at radius 3 is 2.94 bits per heavy atom. The van der Waals surface area contributed by atoms with E-state index in [9.17, 15) is 4.79 Å². The molecule has 0 spiro atoms. The van der Waals surface area contributed by atoms with Crippen molar-refractivity contribution in [1.82, 2.24) is 9.97 Å². The van der Waals surface area contributed by atoms with E-state index < -0.39 is 5.97 Å². The van der Waals surface area contributed by atoms with Gasteiger partial charge in [0.25, 0.3) is 0 Å². The van der Waals surface area contributed by atoms with Crippen molar-refractivity contribution in [3.05, 3.63) is 34.6 Å². The molecule has 0 unspecified atom stereocenters. The number of carbonyl (C=O) groups is 1. The van der Waals surface area contributed by atoms with E-state index in [2.05, 4.69) is 14.7 Å². The molecule has 2 rings (SSSR count). The molecule has 0 N–H and O–H groups in total. The Morgan fingerprint density at radius 2 is 2.31 bits per heavy atom. The van der Waals surface area contributed by atoms with E-state index in [-0.39, 0.29) is 5.15 Å². The molecule has 16 heavy (non-hydrogen) atoms. The molecule has 4 nitrogen and oxygen atoms in total. The Labute approximate surface area is 101 Å². The molecule has 82 valence electrons. The van der Waals surface area contributed by atoms with E-state index in [0.717, 1.165) is 0 Å². The number of carbonyl (C=O) groups excluding carboxylic acids is 1. The molecular weight excluding hydrogens is 248 g/mol. The van der Waals surface area contributed by atoms with Gasteiger partial charge in [-0.1, -0.05) is 11.6 Å². The number of ether oxygens (including phenoxy) is 1. The standard InChI is InChI=1S/C10H7ClN2O2S/c1-15-10(14)6-4-8(11)13-5-7(6)9-12-2-3-16-9/h2-5H,1H3. The first kappa shape index (κ1) is 11.0. The quantitative estimate of drug-likeness (QED) is 0.611. The van der Waals surface area contributed by atoms with Crippen molar-refractivity contribution in [2.75, 3.05) is 7.11 Å². The zero-order chi connectivity index (χ0) is 11.5. The van der Waals surface area contributed by atoms with Crippen molar-refractivity contribution >= 4 is 28.9 Å². The van der Waals surface area contributed by atoms with Crippen molar-refractivity contribution in [2.45, 2.75) is 0 Å². The summed E-state index contributed by atoms with van der Waals surface area (Å²) in [6, 6.07) is 1.48. The monoisotopic (exact) mass is 254 g/mol. The summed E-state index contributed by atoms with van der Waals surface area (Å²) >= 11 is 7.17. The van der Waals surface area contributed by atoms with Crippen LogP contribution < -0.4 is 0 Å². The van der Waals surface area contributed by atoms with Gasteiger partial charge in [0.2, 0.25) is 0 Å². The zero-order valence-corrected chi connectivity index (χ0v) is 9.88. The molecule has 0 radical (unpaired) electrons. The van der Waals surface area contributed by atoms with Gasteiger partial charge in [0.05, 0.1) is 12.7 Å². The maximum Gasteiger partial charge on any atom is 0.338 e. The minimum atomic E-state index is -0.450. The highest BCUT2D eigenvalue weighted by molar-refractivity contribution is 7.13. The zero-order valence-electron chi connectivity index (χ0n) is 8.31. The fraction of sp³-hybridized carbons (Fsp3) is 0.100. The van der Waals surface area contributed by atoms with Gasteiger partial charge in [0.1, 0.15) is 10.2 Å². The minimum absolute atomic E-state index is 0.251. The van der Waals surface area contributed by atoms with E-state index in [1.807, 2.05) is 5.38 Å². The predicted octanol–water partition coefficient (Wildman–Crippen LogP) is 2.65. The van der Waals surface area contributed by atoms with E-state index in [0.29, 0.717) is 16.1 Å². The van der Waals surface area contributed by atoms with Gasteiger partial charge in [-0.3, -0.25) is 0 Å². The van der Waals surface area contributed by atoms with Gasteiger partial charge < -0.3 is 4.74 Å². The normalized spacial score (nSPS) is 10.1. The Bertz CT molecular complexity index is 514. The Balaban J connectivity index is 2.57. The van der Waals surface area contributed by atoms with Gasteiger partial charge in [-0.15, -0.1) is 11.3 Å². The van der Waals surface area contributed by atoms with E-state index in [1.165, 1.54) is 30.7 Å². The van der Waals surface area contributed by atoms with Gasteiger partial charge in [-0.2, -0.15) is 0 Å². The molecule has 2 aromatic heterocycles. The first-order chi connectivity index (χ1) is 7.72. The van der Waals surface area contributed by atoms with Crippen LogP contribution in [0.15, 0.2) is 23.8 Å². The molecule has 0 fully saturated rings. The number of aromatic nitrogens is 2. The highest BCUT2D eigenvalue weighted by Gasteiger charge is 2.16. The number of halogens is 1. The molecule has 0 aliphatic heterocycles. The number of pyridine rings is 1. The summed E-state index contributed by atoms with van der Waals surface area (Å²) in [5, 5.41) is 2.79. The summed E-state index contributed by atoms with van der Waals surface area (Å²) in [6.45, 7) is 0. The second-order valence-electron chi connectivity index (χ2n) is 2.88. The molecule has 0 amide bonds. The van der Waals surface area contributed by atoms with Crippen LogP contribution in [0.25, 0.3) is 10.6 Å². The largest absolute Gasteiger partial charge is 0.465 e. The lowest BCUT2D eigenvalue weighted by atomic mass is 10.1. The third-order valence-corrected chi connectivity index (χ3v) is 2.95. The lowest BCUT2D eigenvalue weighted by Crippen LogP contribution is -2.04. The maximum atomic E-state index is 11.5. The van der Waals surface area contributed by atoms with Crippen molar-refractivity contribution < 1.29 is 9.53 Å². The number of hydrogen-bond donors (Lipinski definition) is 0. The lowest BCUT2D eigenvalue weighted by molar-refractivity contribution is 0.0601. The number of thiazole rings is 1. The topological polar surface area (TPSA) is 52.1 Å². The number of hydrogen-bond acceptors (Lipinski definition) is 5. The summed E-state index contributed by atoms with van der Waals surface area (Å²) in [5.41, 5.74) is 1.00. The summed E-state index contributed by atoms with van der Waals surface area (Å²) in [7, 11) is 1.32. The van der Waals surface area contributed by atoms with Crippen LogP contribution in [0.5, 0.6) is 0 Å². The Morgan fingerprint density at radius 1 is 1.50 bits per heavy atom. The van der Waals surface area contributed by atoms with Crippen molar-refractivity contribution in [3.63, 3.8) is 0 Å². The van der Waals surface area contributed by atoms with Gasteiger partial charge in [-0.05, 0) is 6.07 Å². The molecule has 0 aliphatic rings. The minimum Gasteiger partial charge on any atom is -0.465 e. The van der Waals surface area contributed by atoms with Crippen LogP contribution in [0.1, 0.15) is 10.4 Å². The molecular formula is C10H7ClN2O2S. The van der Waals surface area contributed by atoms with Crippen LogP contribution >= 0.6 is 22.9 Å².